The molecule has 0 aliphatic carbocycles. The predicted octanol–water partition coefficient (Wildman–Crippen LogP) is 3.77. The second kappa shape index (κ2) is 8.40. The van der Waals surface area contributed by atoms with Crippen LogP contribution in [-0.2, 0) is 11.2 Å². The molecule has 2 aromatic rings. The molecular weight excluding hydrogens is 323 g/mol. The van der Waals surface area contributed by atoms with Crippen LogP contribution in [0.4, 0.5) is 4.39 Å². The second-order valence-electron chi connectivity index (χ2n) is 6.17. The molecule has 3 rings (SSSR count). The van der Waals surface area contributed by atoms with E-state index in [1.54, 1.807) is 23.5 Å². The maximum absolute atomic E-state index is 13.2. The molecule has 1 fully saturated rings. The Morgan fingerprint density at radius 1 is 1.17 bits per heavy atom. The first-order valence-corrected chi connectivity index (χ1v) is 9.41. The van der Waals surface area contributed by atoms with Crippen molar-refractivity contribution in [3.63, 3.8) is 0 Å². The number of halogens is 1. The van der Waals surface area contributed by atoms with Crippen molar-refractivity contribution >= 4 is 17.2 Å². The zero-order valence-corrected chi connectivity index (χ0v) is 14.5. The molecule has 128 valence electrons. The van der Waals surface area contributed by atoms with Gasteiger partial charge in [-0.25, -0.2) is 4.39 Å². The van der Waals surface area contributed by atoms with Crippen molar-refractivity contribution in [2.24, 2.45) is 0 Å². The first-order valence-electron chi connectivity index (χ1n) is 8.53. The van der Waals surface area contributed by atoms with Crippen molar-refractivity contribution < 1.29 is 9.18 Å². The lowest BCUT2D eigenvalue weighted by Crippen LogP contribution is -2.43. The van der Waals surface area contributed by atoms with Gasteiger partial charge in [-0.2, -0.15) is 0 Å². The summed E-state index contributed by atoms with van der Waals surface area (Å²) in [7, 11) is 0. The molecule has 1 N–H and O–H groups in total. The van der Waals surface area contributed by atoms with E-state index in [2.05, 4.69) is 16.3 Å². The summed E-state index contributed by atoms with van der Waals surface area (Å²) in [4.78, 5) is 16.3. The standard InChI is InChI=1S/C19H23FN2OS/c20-16-8-6-15(7-9-16)18(22-12-2-1-3-13-22)19(23)21-11-10-17-5-4-14-24-17/h4-9,14,18H,1-3,10-13H2,(H,21,23). The fourth-order valence-electron chi connectivity index (χ4n) is 3.21. The van der Waals surface area contributed by atoms with Crippen molar-refractivity contribution in [3.05, 3.63) is 58.0 Å². The van der Waals surface area contributed by atoms with Crippen molar-refractivity contribution in [3.8, 4) is 0 Å². The van der Waals surface area contributed by atoms with E-state index in [0.29, 0.717) is 6.54 Å². The van der Waals surface area contributed by atoms with Crippen LogP contribution in [0.1, 0.15) is 35.7 Å². The lowest BCUT2D eigenvalue weighted by atomic mass is 10.0. The van der Waals surface area contributed by atoms with Crippen molar-refractivity contribution in [2.45, 2.75) is 31.7 Å². The summed E-state index contributed by atoms with van der Waals surface area (Å²) in [5.74, 6) is -0.255. The zero-order valence-electron chi connectivity index (χ0n) is 13.7. The highest BCUT2D eigenvalue weighted by molar-refractivity contribution is 7.09. The molecule has 1 unspecified atom stereocenters. The van der Waals surface area contributed by atoms with Crippen LogP contribution in [-0.4, -0.2) is 30.4 Å². The molecule has 1 aromatic carbocycles. The molecule has 0 bridgehead atoms. The van der Waals surface area contributed by atoms with E-state index < -0.39 is 0 Å². The van der Waals surface area contributed by atoms with Crippen LogP contribution in [0.3, 0.4) is 0 Å². The van der Waals surface area contributed by atoms with E-state index in [9.17, 15) is 9.18 Å². The summed E-state index contributed by atoms with van der Waals surface area (Å²) in [5, 5.41) is 5.11. The van der Waals surface area contributed by atoms with Gasteiger partial charge in [0.15, 0.2) is 0 Å². The third-order valence-corrected chi connectivity index (χ3v) is 5.38. The predicted molar refractivity (Wildman–Crippen MR) is 95.6 cm³/mol. The maximum atomic E-state index is 13.2. The number of amides is 1. The van der Waals surface area contributed by atoms with Gasteiger partial charge < -0.3 is 5.32 Å². The average Bonchev–Trinajstić information content (AvgIpc) is 3.11. The molecular formula is C19H23FN2OS. The topological polar surface area (TPSA) is 32.3 Å². The lowest BCUT2D eigenvalue weighted by Gasteiger charge is -2.34. The van der Waals surface area contributed by atoms with E-state index in [1.807, 2.05) is 11.4 Å². The fourth-order valence-corrected chi connectivity index (χ4v) is 3.92. The van der Waals surface area contributed by atoms with E-state index in [4.69, 9.17) is 0 Å². The quantitative estimate of drug-likeness (QED) is 0.863. The number of hydrogen-bond acceptors (Lipinski definition) is 3. The third kappa shape index (κ3) is 4.42. The smallest absolute Gasteiger partial charge is 0.241 e. The van der Waals surface area contributed by atoms with Crippen LogP contribution in [0.2, 0.25) is 0 Å². The first kappa shape index (κ1) is 17.1. The second-order valence-corrected chi connectivity index (χ2v) is 7.20. The molecule has 24 heavy (non-hydrogen) atoms. The summed E-state index contributed by atoms with van der Waals surface area (Å²) in [6, 6.07) is 10.1. The van der Waals surface area contributed by atoms with Crippen LogP contribution in [0.5, 0.6) is 0 Å². The number of benzene rings is 1. The molecule has 1 aliphatic rings. The summed E-state index contributed by atoms with van der Waals surface area (Å²) in [5.41, 5.74) is 0.868. The Morgan fingerprint density at radius 3 is 2.58 bits per heavy atom. The van der Waals surface area contributed by atoms with Gasteiger partial charge in [0.05, 0.1) is 0 Å². The summed E-state index contributed by atoms with van der Waals surface area (Å²) < 4.78 is 13.2. The molecule has 5 heteroatoms. The Kier molecular flexibility index (Phi) is 5.99. The van der Waals surface area contributed by atoms with E-state index in [1.165, 1.54) is 23.4 Å². The van der Waals surface area contributed by atoms with Gasteiger partial charge in [0, 0.05) is 11.4 Å². The molecule has 0 radical (unpaired) electrons. The third-order valence-electron chi connectivity index (χ3n) is 4.44. The number of carbonyl (C=O) groups excluding carboxylic acids is 1. The highest BCUT2D eigenvalue weighted by Crippen LogP contribution is 2.25. The molecule has 1 aromatic heterocycles. The highest BCUT2D eigenvalue weighted by atomic mass is 32.1. The SMILES string of the molecule is O=C(NCCc1cccs1)C(c1ccc(F)cc1)N1CCCCC1. The molecule has 0 spiro atoms. The normalized spacial score (nSPS) is 16.7. The number of piperidine rings is 1. The Balaban J connectivity index is 1.68. The van der Waals surface area contributed by atoms with Crippen LogP contribution in [0.15, 0.2) is 41.8 Å². The minimum Gasteiger partial charge on any atom is -0.354 e. The zero-order chi connectivity index (χ0) is 16.8. The molecule has 3 nitrogen and oxygen atoms in total. The van der Waals surface area contributed by atoms with Gasteiger partial charge in [0.1, 0.15) is 11.9 Å². The molecule has 1 atom stereocenters. The molecule has 2 heterocycles. The number of likely N-dealkylation sites (tertiary alicyclic amines) is 1. The minimum absolute atomic E-state index is 0.0139. The van der Waals surface area contributed by atoms with Gasteiger partial charge in [0.25, 0.3) is 0 Å². The van der Waals surface area contributed by atoms with Gasteiger partial charge >= 0.3 is 0 Å². The molecule has 1 saturated heterocycles. The Morgan fingerprint density at radius 2 is 1.92 bits per heavy atom. The van der Waals surface area contributed by atoms with Crippen molar-refractivity contribution in [1.82, 2.24) is 10.2 Å². The van der Waals surface area contributed by atoms with Crippen LogP contribution in [0, 0.1) is 5.82 Å². The van der Waals surface area contributed by atoms with Crippen molar-refractivity contribution in [1.29, 1.82) is 0 Å². The minimum atomic E-state index is -0.325. The number of nitrogens with zero attached hydrogens (tertiary/aromatic N) is 1. The van der Waals surface area contributed by atoms with Crippen LogP contribution >= 0.6 is 11.3 Å². The number of nitrogens with one attached hydrogen (secondary N) is 1. The van der Waals surface area contributed by atoms with E-state index in [-0.39, 0.29) is 17.8 Å². The number of thiophene rings is 1. The first-order chi connectivity index (χ1) is 11.7. The Labute approximate surface area is 146 Å². The van der Waals surface area contributed by atoms with E-state index in [0.717, 1.165) is 37.9 Å². The van der Waals surface area contributed by atoms with Gasteiger partial charge in [-0.15, -0.1) is 11.3 Å². The molecule has 0 saturated carbocycles. The average molecular weight is 346 g/mol. The van der Waals surface area contributed by atoms with Crippen molar-refractivity contribution in [2.75, 3.05) is 19.6 Å². The van der Waals surface area contributed by atoms with Gasteiger partial charge in [-0.1, -0.05) is 24.6 Å². The Bertz CT molecular complexity index is 636. The van der Waals surface area contributed by atoms with Crippen LogP contribution < -0.4 is 5.32 Å². The Hall–Kier alpha value is -1.72. The van der Waals surface area contributed by atoms with E-state index >= 15 is 0 Å². The lowest BCUT2D eigenvalue weighted by molar-refractivity contribution is -0.127. The maximum Gasteiger partial charge on any atom is 0.241 e. The highest BCUT2D eigenvalue weighted by Gasteiger charge is 2.28. The number of carbonyl (C=O) groups is 1. The molecule has 1 aliphatic heterocycles. The summed E-state index contributed by atoms with van der Waals surface area (Å²) in [6.07, 6.45) is 4.28. The number of hydrogen-bond donors (Lipinski definition) is 1. The van der Waals surface area contributed by atoms with Gasteiger partial charge in [-0.3, -0.25) is 9.69 Å². The van der Waals surface area contributed by atoms with Crippen LogP contribution in [0.25, 0.3) is 0 Å². The van der Waals surface area contributed by atoms with Gasteiger partial charge in [0.2, 0.25) is 5.91 Å². The fraction of sp³-hybridized carbons (Fsp3) is 0.421. The summed E-state index contributed by atoms with van der Waals surface area (Å²) in [6.45, 7) is 2.46. The number of rotatable bonds is 6. The monoisotopic (exact) mass is 346 g/mol. The largest absolute Gasteiger partial charge is 0.354 e. The van der Waals surface area contributed by atoms with Gasteiger partial charge in [-0.05, 0) is 61.5 Å². The molecule has 1 amide bonds. The summed E-state index contributed by atoms with van der Waals surface area (Å²) >= 11 is 1.71.